The molecule has 3 aromatic carbocycles. The predicted molar refractivity (Wildman–Crippen MR) is 122 cm³/mol. The first kappa shape index (κ1) is 19.2. The lowest BCUT2D eigenvalue weighted by atomic mass is 9.97. The number of aryl methyl sites for hydroxylation is 1. The van der Waals surface area contributed by atoms with Crippen LogP contribution in [0.3, 0.4) is 0 Å². The summed E-state index contributed by atoms with van der Waals surface area (Å²) in [4.78, 5) is 33.6. The van der Waals surface area contributed by atoms with Gasteiger partial charge < -0.3 is 0 Å². The van der Waals surface area contributed by atoms with Crippen LogP contribution in [0.25, 0.3) is 10.9 Å². The monoisotopic (exact) mass is 409 g/mol. The first-order chi connectivity index (χ1) is 15.0. The van der Waals surface area contributed by atoms with Crippen molar-refractivity contribution >= 4 is 22.5 Å². The summed E-state index contributed by atoms with van der Waals surface area (Å²) in [6, 6.07) is 24.2. The van der Waals surface area contributed by atoms with Gasteiger partial charge in [-0.3, -0.25) is 19.1 Å². The smallest absolute Gasteiger partial charge is 0.262 e. The molecule has 2 heterocycles. The molecular formula is C26H23N3O2. The Morgan fingerprint density at radius 3 is 2.29 bits per heavy atom. The number of anilines is 1. The molecule has 0 bridgehead atoms. The highest BCUT2D eigenvalue weighted by molar-refractivity contribution is 5.98. The third-order valence-corrected chi connectivity index (χ3v) is 6.01. The fourth-order valence-corrected chi connectivity index (χ4v) is 4.38. The fourth-order valence-electron chi connectivity index (χ4n) is 4.38. The number of aromatic nitrogens is 2. The quantitative estimate of drug-likeness (QED) is 0.497. The van der Waals surface area contributed by atoms with Crippen LogP contribution in [-0.4, -0.2) is 15.5 Å². The number of hydrogen-bond donors (Lipinski definition) is 0. The van der Waals surface area contributed by atoms with Crippen LogP contribution >= 0.6 is 0 Å². The number of nitrogens with zero attached hydrogens (tertiary/aromatic N) is 3. The number of amides is 1. The van der Waals surface area contributed by atoms with Crippen LogP contribution in [0.15, 0.2) is 83.7 Å². The maximum atomic E-state index is 13.6. The van der Waals surface area contributed by atoms with Crippen LogP contribution in [0.2, 0.25) is 0 Å². The summed E-state index contributed by atoms with van der Waals surface area (Å²) in [6.45, 7) is 3.83. The molecule has 1 aromatic heterocycles. The van der Waals surface area contributed by atoms with E-state index < -0.39 is 6.04 Å². The molecule has 0 saturated carbocycles. The molecular weight excluding hydrogens is 386 g/mol. The van der Waals surface area contributed by atoms with Crippen molar-refractivity contribution in [3.8, 4) is 0 Å². The van der Waals surface area contributed by atoms with E-state index in [9.17, 15) is 9.59 Å². The zero-order valence-corrected chi connectivity index (χ0v) is 17.5. The minimum absolute atomic E-state index is 0.102. The zero-order valence-electron chi connectivity index (χ0n) is 17.5. The number of rotatable bonds is 3. The Morgan fingerprint density at radius 1 is 0.871 bits per heavy atom. The van der Waals surface area contributed by atoms with Gasteiger partial charge in [-0.1, -0.05) is 60.2 Å². The maximum absolute atomic E-state index is 13.6. The van der Waals surface area contributed by atoms with Crippen LogP contribution in [0.4, 0.5) is 5.69 Å². The summed E-state index contributed by atoms with van der Waals surface area (Å²) >= 11 is 0. The number of hydrogen-bond acceptors (Lipinski definition) is 3. The highest BCUT2D eigenvalue weighted by atomic mass is 16.2. The van der Waals surface area contributed by atoms with E-state index in [1.165, 1.54) is 5.56 Å². The summed E-state index contributed by atoms with van der Waals surface area (Å²) in [6.07, 6.45) is 0.568. The summed E-state index contributed by atoms with van der Waals surface area (Å²) < 4.78 is 1.59. The van der Waals surface area contributed by atoms with Crippen molar-refractivity contribution < 1.29 is 4.79 Å². The second-order valence-corrected chi connectivity index (χ2v) is 8.09. The third-order valence-electron chi connectivity index (χ3n) is 6.01. The molecule has 0 spiro atoms. The minimum Gasteiger partial charge on any atom is -0.300 e. The summed E-state index contributed by atoms with van der Waals surface area (Å²) in [5.74, 6) is 0.523. The molecule has 31 heavy (non-hydrogen) atoms. The van der Waals surface area contributed by atoms with Gasteiger partial charge in [-0.15, -0.1) is 0 Å². The predicted octanol–water partition coefficient (Wildman–Crippen LogP) is 4.60. The lowest BCUT2D eigenvalue weighted by Gasteiger charge is -2.40. The second kappa shape index (κ2) is 7.51. The maximum Gasteiger partial charge on any atom is 0.262 e. The van der Waals surface area contributed by atoms with Gasteiger partial charge in [0.15, 0.2) is 0 Å². The van der Waals surface area contributed by atoms with Gasteiger partial charge >= 0.3 is 0 Å². The van der Waals surface area contributed by atoms with Gasteiger partial charge in [-0.05, 0) is 43.7 Å². The average molecular weight is 409 g/mol. The number of carbonyl (C=O) groups excluding carboxylic acids is 1. The van der Waals surface area contributed by atoms with E-state index in [1.54, 1.807) is 22.5 Å². The molecule has 0 radical (unpaired) electrons. The molecule has 1 amide bonds. The van der Waals surface area contributed by atoms with Crippen molar-refractivity contribution in [2.24, 2.45) is 0 Å². The Labute approximate surface area is 180 Å². The van der Waals surface area contributed by atoms with E-state index in [0.717, 1.165) is 11.3 Å². The largest absolute Gasteiger partial charge is 0.300 e. The molecule has 5 heteroatoms. The Hall–Kier alpha value is -3.73. The SMILES string of the molecule is Cc1ccc(C[C@@H]2c3nc4ccccc4c(=O)n3[C@@H](C)C(=O)N2c2ccccc2)cc1. The molecule has 5 nitrogen and oxygen atoms in total. The lowest BCUT2D eigenvalue weighted by molar-refractivity contribution is -0.123. The Balaban J connectivity index is 1.75. The molecule has 1 aliphatic rings. The standard InChI is InChI=1S/C26H23N3O2/c1-17-12-14-19(15-13-17)16-23-24-27-22-11-7-6-10-21(22)26(31)28(24)18(2)25(30)29(23)20-8-4-3-5-9-20/h3-15,18,23H,16H2,1-2H3/t18-,23+/m0/s1. The van der Waals surface area contributed by atoms with E-state index >= 15 is 0 Å². The lowest BCUT2D eigenvalue weighted by Crippen LogP contribution is -2.50. The average Bonchev–Trinajstić information content (AvgIpc) is 2.79. The Bertz CT molecular complexity index is 1330. The van der Waals surface area contributed by atoms with Crippen molar-refractivity contribution in [1.29, 1.82) is 0 Å². The fraction of sp³-hybridized carbons (Fsp3) is 0.192. The van der Waals surface area contributed by atoms with Crippen molar-refractivity contribution in [2.75, 3.05) is 4.90 Å². The van der Waals surface area contributed by atoms with E-state index in [-0.39, 0.29) is 17.5 Å². The Kier molecular flexibility index (Phi) is 4.66. The highest BCUT2D eigenvalue weighted by Gasteiger charge is 2.40. The molecule has 154 valence electrons. The van der Waals surface area contributed by atoms with Gasteiger partial charge in [0.2, 0.25) is 0 Å². The number of para-hydroxylation sites is 2. The first-order valence-electron chi connectivity index (χ1n) is 10.5. The van der Waals surface area contributed by atoms with Crippen molar-refractivity contribution in [1.82, 2.24) is 9.55 Å². The van der Waals surface area contributed by atoms with E-state index in [4.69, 9.17) is 4.98 Å². The van der Waals surface area contributed by atoms with Gasteiger partial charge in [0, 0.05) is 12.1 Å². The minimum atomic E-state index is -0.630. The number of fused-ring (bicyclic) bond motifs is 2. The van der Waals surface area contributed by atoms with Crippen LogP contribution < -0.4 is 10.5 Å². The van der Waals surface area contributed by atoms with Gasteiger partial charge in [0.1, 0.15) is 11.9 Å². The van der Waals surface area contributed by atoms with Crippen molar-refractivity contribution in [3.05, 3.63) is 106 Å². The van der Waals surface area contributed by atoms with Crippen LogP contribution in [-0.2, 0) is 11.2 Å². The highest BCUT2D eigenvalue weighted by Crippen LogP contribution is 2.36. The molecule has 2 atom stereocenters. The summed E-state index contributed by atoms with van der Waals surface area (Å²) in [5.41, 5.74) is 3.57. The zero-order chi connectivity index (χ0) is 21.5. The summed E-state index contributed by atoms with van der Waals surface area (Å²) in [5, 5.41) is 0.535. The first-order valence-corrected chi connectivity index (χ1v) is 10.5. The third kappa shape index (κ3) is 3.22. The van der Waals surface area contributed by atoms with Gasteiger partial charge in [0.05, 0.1) is 16.9 Å². The van der Waals surface area contributed by atoms with E-state index in [1.807, 2.05) is 48.5 Å². The molecule has 0 unspecified atom stereocenters. The molecule has 0 aliphatic carbocycles. The van der Waals surface area contributed by atoms with Crippen LogP contribution in [0.1, 0.15) is 36.0 Å². The number of benzene rings is 3. The van der Waals surface area contributed by atoms with Gasteiger partial charge in [0.25, 0.3) is 11.5 Å². The van der Waals surface area contributed by atoms with E-state index in [2.05, 4.69) is 31.2 Å². The molecule has 0 N–H and O–H groups in total. The van der Waals surface area contributed by atoms with E-state index in [0.29, 0.717) is 23.1 Å². The number of carbonyl (C=O) groups is 1. The van der Waals surface area contributed by atoms with Crippen molar-refractivity contribution in [2.45, 2.75) is 32.4 Å². The summed E-state index contributed by atoms with van der Waals surface area (Å²) in [7, 11) is 0. The second-order valence-electron chi connectivity index (χ2n) is 8.09. The van der Waals surface area contributed by atoms with Gasteiger partial charge in [-0.25, -0.2) is 4.98 Å². The molecule has 0 fully saturated rings. The topological polar surface area (TPSA) is 55.2 Å². The van der Waals surface area contributed by atoms with Gasteiger partial charge in [-0.2, -0.15) is 0 Å². The van der Waals surface area contributed by atoms with Crippen LogP contribution in [0, 0.1) is 6.92 Å². The normalized spacial score (nSPS) is 18.3. The molecule has 0 saturated heterocycles. The Morgan fingerprint density at radius 2 is 1.55 bits per heavy atom. The molecule has 4 aromatic rings. The van der Waals surface area contributed by atoms with Crippen molar-refractivity contribution in [3.63, 3.8) is 0 Å². The van der Waals surface area contributed by atoms with Crippen LogP contribution in [0.5, 0.6) is 0 Å². The molecule has 1 aliphatic heterocycles. The molecule has 5 rings (SSSR count).